The molecule has 0 bridgehead atoms. The van der Waals surface area contributed by atoms with Gasteiger partial charge in [0.1, 0.15) is 11.9 Å². The number of aromatic nitrogens is 2. The van der Waals surface area contributed by atoms with Crippen LogP contribution in [0, 0.1) is 6.92 Å². The Bertz CT molecular complexity index is 359. The van der Waals surface area contributed by atoms with Gasteiger partial charge < -0.3 is 9.67 Å². The molecule has 0 aromatic carbocycles. The van der Waals surface area contributed by atoms with Crippen molar-refractivity contribution in [3.8, 4) is 0 Å². The number of halogens is 3. The molecule has 0 saturated heterocycles. The third-order valence-corrected chi connectivity index (χ3v) is 1.94. The Morgan fingerprint density at radius 3 is 2.60 bits per heavy atom. The van der Waals surface area contributed by atoms with Crippen molar-refractivity contribution in [2.24, 2.45) is 0 Å². The van der Waals surface area contributed by atoms with Gasteiger partial charge in [-0.25, -0.2) is 4.98 Å². The molecule has 1 aromatic heterocycles. The predicted molar refractivity (Wildman–Crippen MR) is 44.3 cm³/mol. The van der Waals surface area contributed by atoms with Crippen LogP contribution in [0.2, 0.25) is 0 Å². The maximum atomic E-state index is 12.5. The van der Waals surface area contributed by atoms with Crippen molar-refractivity contribution in [2.75, 3.05) is 0 Å². The summed E-state index contributed by atoms with van der Waals surface area (Å²) in [6.07, 6.45) is -3.27. The largest absolute Gasteiger partial charge is 0.481 e. The summed E-state index contributed by atoms with van der Waals surface area (Å²) in [5.74, 6) is -1.36. The van der Waals surface area contributed by atoms with E-state index in [1.165, 1.54) is 13.1 Å². The lowest BCUT2D eigenvalue weighted by Crippen LogP contribution is -2.29. The van der Waals surface area contributed by atoms with Gasteiger partial charge in [-0.2, -0.15) is 13.2 Å². The van der Waals surface area contributed by atoms with Crippen molar-refractivity contribution in [1.29, 1.82) is 0 Å². The van der Waals surface area contributed by atoms with Gasteiger partial charge >= 0.3 is 12.1 Å². The molecule has 0 amide bonds. The summed E-state index contributed by atoms with van der Waals surface area (Å²) < 4.78 is 38.3. The number of rotatable bonds is 3. The van der Waals surface area contributed by atoms with Gasteiger partial charge in [0.2, 0.25) is 0 Å². The Balaban J connectivity index is 3.02. The maximum absolute atomic E-state index is 12.5. The van der Waals surface area contributed by atoms with Crippen LogP contribution in [0.3, 0.4) is 0 Å². The van der Waals surface area contributed by atoms with E-state index in [-0.39, 0.29) is 5.82 Å². The molecular formula is C8H9F3N2O2. The lowest BCUT2D eigenvalue weighted by Gasteiger charge is -2.21. The van der Waals surface area contributed by atoms with Crippen molar-refractivity contribution >= 4 is 5.97 Å². The Morgan fingerprint density at radius 2 is 2.27 bits per heavy atom. The molecule has 0 spiro atoms. The van der Waals surface area contributed by atoms with Gasteiger partial charge in [0.05, 0.1) is 6.42 Å². The molecule has 1 rings (SSSR count). The molecule has 15 heavy (non-hydrogen) atoms. The van der Waals surface area contributed by atoms with Gasteiger partial charge in [0.15, 0.2) is 0 Å². The van der Waals surface area contributed by atoms with Crippen molar-refractivity contribution in [2.45, 2.75) is 25.6 Å². The quantitative estimate of drug-likeness (QED) is 0.847. The molecule has 1 N–H and O–H groups in total. The van der Waals surface area contributed by atoms with Crippen molar-refractivity contribution < 1.29 is 23.1 Å². The summed E-state index contributed by atoms with van der Waals surface area (Å²) in [5.41, 5.74) is 0. The summed E-state index contributed by atoms with van der Waals surface area (Å²) in [7, 11) is 0. The molecule has 0 fully saturated rings. The van der Waals surface area contributed by atoms with E-state index in [1.807, 2.05) is 0 Å². The topological polar surface area (TPSA) is 55.1 Å². The number of nitrogens with zero attached hydrogens (tertiary/aromatic N) is 2. The number of carbonyl (C=O) groups is 1. The maximum Gasteiger partial charge on any atom is 0.409 e. The second-order valence-electron chi connectivity index (χ2n) is 3.04. The molecule has 1 heterocycles. The van der Waals surface area contributed by atoms with E-state index < -0.39 is 24.6 Å². The highest BCUT2D eigenvalue weighted by molar-refractivity contribution is 5.67. The monoisotopic (exact) mass is 222 g/mol. The van der Waals surface area contributed by atoms with E-state index in [0.717, 1.165) is 10.8 Å². The van der Waals surface area contributed by atoms with Crippen LogP contribution in [0.25, 0.3) is 0 Å². The number of alkyl halides is 3. The third-order valence-electron chi connectivity index (χ3n) is 1.94. The van der Waals surface area contributed by atoms with Crippen molar-refractivity contribution in [1.82, 2.24) is 9.55 Å². The highest BCUT2D eigenvalue weighted by Gasteiger charge is 2.42. The molecule has 0 saturated carbocycles. The van der Waals surface area contributed by atoms with E-state index in [4.69, 9.17) is 5.11 Å². The fraction of sp³-hybridized carbons (Fsp3) is 0.500. The molecule has 4 nitrogen and oxygen atoms in total. The number of imidazole rings is 1. The summed E-state index contributed by atoms with van der Waals surface area (Å²) in [6, 6.07) is -2.06. The summed E-state index contributed by atoms with van der Waals surface area (Å²) in [5, 5.41) is 8.40. The number of aryl methyl sites for hydroxylation is 1. The van der Waals surface area contributed by atoms with Gasteiger partial charge in [-0.15, -0.1) is 0 Å². The zero-order valence-electron chi connectivity index (χ0n) is 7.82. The van der Waals surface area contributed by atoms with E-state index in [9.17, 15) is 18.0 Å². The van der Waals surface area contributed by atoms with E-state index in [1.54, 1.807) is 0 Å². The molecule has 1 unspecified atom stereocenters. The summed E-state index contributed by atoms with van der Waals surface area (Å²) >= 11 is 0. The van der Waals surface area contributed by atoms with Crippen LogP contribution in [0.5, 0.6) is 0 Å². The van der Waals surface area contributed by atoms with Gasteiger partial charge in [-0.05, 0) is 6.92 Å². The molecule has 1 aromatic rings. The van der Waals surface area contributed by atoms with Crippen LogP contribution in [0.4, 0.5) is 13.2 Å². The Morgan fingerprint density at radius 1 is 1.67 bits per heavy atom. The van der Waals surface area contributed by atoms with Gasteiger partial charge in [-0.1, -0.05) is 0 Å². The summed E-state index contributed by atoms with van der Waals surface area (Å²) in [6.45, 7) is 1.39. The average molecular weight is 222 g/mol. The van der Waals surface area contributed by atoms with Crippen molar-refractivity contribution in [3.05, 3.63) is 18.2 Å². The lowest BCUT2D eigenvalue weighted by atomic mass is 10.2. The first kappa shape index (κ1) is 11.5. The first-order valence-corrected chi connectivity index (χ1v) is 4.10. The number of carboxylic acid groups (broad SMARTS) is 1. The highest BCUT2D eigenvalue weighted by atomic mass is 19.4. The van der Waals surface area contributed by atoms with Crippen LogP contribution in [-0.4, -0.2) is 26.8 Å². The van der Waals surface area contributed by atoms with Gasteiger partial charge in [0.25, 0.3) is 0 Å². The minimum Gasteiger partial charge on any atom is -0.481 e. The van der Waals surface area contributed by atoms with Gasteiger partial charge in [0, 0.05) is 12.4 Å². The molecule has 1 atom stereocenters. The van der Waals surface area contributed by atoms with Crippen LogP contribution >= 0.6 is 0 Å². The zero-order valence-corrected chi connectivity index (χ0v) is 7.82. The second kappa shape index (κ2) is 3.92. The number of hydrogen-bond acceptors (Lipinski definition) is 2. The first-order valence-electron chi connectivity index (χ1n) is 4.10. The molecule has 7 heteroatoms. The van der Waals surface area contributed by atoms with Crippen LogP contribution in [0.1, 0.15) is 18.3 Å². The first-order chi connectivity index (χ1) is 6.82. The predicted octanol–water partition coefficient (Wildman–Crippen LogP) is 1.77. The Labute approximate surface area is 83.3 Å². The minimum absolute atomic E-state index is 0.138. The fourth-order valence-corrected chi connectivity index (χ4v) is 1.25. The molecule has 0 radical (unpaired) electrons. The van der Waals surface area contributed by atoms with Crippen LogP contribution in [0.15, 0.2) is 12.4 Å². The van der Waals surface area contributed by atoms with Gasteiger partial charge in [-0.3, -0.25) is 4.79 Å². The number of hydrogen-bond donors (Lipinski definition) is 1. The number of carboxylic acids is 1. The molecular weight excluding hydrogens is 213 g/mol. The standard InChI is InChI=1S/C8H9F3N2O2/c1-5-12-2-3-13(5)6(4-7(14)15)8(9,10)11/h2-3,6H,4H2,1H3,(H,14,15). The normalized spacial score (nSPS) is 13.9. The second-order valence-corrected chi connectivity index (χ2v) is 3.04. The van der Waals surface area contributed by atoms with E-state index >= 15 is 0 Å². The Hall–Kier alpha value is -1.53. The Kier molecular flexibility index (Phi) is 3.01. The lowest BCUT2D eigenvalue weighted by molar-refractivity contribution is -0.177. The molecule has 84 valence electrons. The molecule has 0 aliphatic heterocycles. The smallest absolute Gasteiger partial charge is 0.409 e. The third kappa shape index (κ3) is 2.71. The van der Waals surface area contributed by atoms with Crippen LogP contribution < -0.4 is 0 Å². The van der Waals surface area contributed by atoms with Crippen molar-refractivity contribution in [3.63, 3.8) is 0 Å². The SMILES string of the molecule is Cc1nccn1C(CC(=O)O)C(F)(F)F. The molecule has 0 aliphatic rings. The fourth-order valence-electron chi connectivity index (χ4n) is 1.25. The average Bonchev–Trinajstić information content (AvgIpc) is 2.45. The highest BCUT2D eigenvalue weighted by Crippen LogP contribution is 2.33. The number of aliphatic carboxylic acids is 1. The van der Waals surface area contributed by atoms with E-state index in [0.29, 0.717) is 0 Å². The minimum atomic E-state index is -4.59. The van der Waals surface area contributed by atoms with E-state index in [2.05, 4.69) is 4.98 Å². The van der Waals surface area contributed by atoms with Crippen LogP contribution in [-0.2, 0) is 4.79 Å². The zero-order chi connectivity index (χ0) is 11.6. The molecule has 0 aliphatic carbocycles. The summed E-state index contributed by atoms with van der Waals surface area (Å²) in [4.78, 5) is 14.0.